The van der Waals surface area contributed by atoms with Gasteiger partial charge >= 0.3 is 7.60 Å². The third-order valence-corrected chi connectivity index (χ3v) is 3.54. The van der Waals surface area contributed by atoms with E-state index in [0.717, 1.165) is 0 Å². The minimum atomic E-state index is -3.95. The third kappa shape index (κ3) is 3.70. The first kappa shape index (κ1) is 14.8. The van der Waals surface area contributed by atoms with Crippen LogP contribution in [0, 0.1) is 0 Å². The summed E-state index contributed by atoms with van der Waals surface area (Å²) in [7, 11) is -3.95. The smallest absolute Gasteiger partial charge is 0.325 e. The van der Waals surface area contributed by atoms with Gasteiger partial charge < -0.3 is 20.8 Å². The third-order valence-electron chi connectivity index (χ3n) is 2.65. The predicted octanol–water partition coefficient (Wildman–Crippen LogP) is -0.569. The Balaban J connectivity index is 1.86. The molecule has 0 saturated heterocycles. The topological polar surface area (TPSA) is 154 Å². The number of hydroxylamine groups is 1. The van der Waals surface area contributed by atoms with Crippen molar-refractivity contribution in [3.8, 4) is 0 Å². The number of aromatic nitrogens is 2. The van der Waals surface area contributed by atoms with Crippen LogP contribution in [-0.4, -0.2) is 39.2 Å². The number of H-pyrrole nitrogens is 1. The van der Waals surface area contributed by atoms with E-state index in [-0.39, 0.29) is 36.6 Å². The van der Waals surface area contributed by atoms with E-state index in [1.165, 1.54) is 5.06 Å². The van der Waals surface area contributed by atoms with Crippen LogP contribution in [-0.2, 0) is 9.40 Å². The minimum Gasteiger partial charge on any atom is -0.369 e. The van der Waals surface area contributed by atoms with Crippen LogP contribution in [0.2, 0.25) is 0 Å². The molecule has 0 saturated carbocycles. The first-order valence-electron chi connectivity index (χ1n) is 5.95. The second-order valence-electron chi connectivity index (χ2n) is 4.29. The van der Waals surface area contributed by atoms with Gasteiger partial charge in [0.1, 0.15) is 12.4 Å². The number of anilines is 3. The molecule has 11 heteroatoms. The van der Waals surface area contributed by atoms with Crippen LogP contribution < -0.4 is 21.7 Å². The first-order chi connectivity index (χ1) is 9.37. The van der Waals surface area contributed by atoms with E-state index in [0.29, 0.717) is 18.7 Å². The predicted molar refractivity (Wildman–Crippen MR) is 72.3 cm³/mol. The summed E-state index contributed by atoms with van der Waals surface area (Å²) >= 11 is 0. The average molecular weight is 305 g/mol. The van der Waals surface area contributed by atoms with Crippen LogP contribution in [0.15, 0.2) is 4.79 Å². The number of nitrogen functional groups attached to an aromatic ring is 1. The van der Waals surface area contributed by atoms with Crippen molar-refractivity contribution in [3.05, 3.63) is 10.4 Å². The van der Waals surface area contributed by atoms with Gasteiger partial charge in [-0.25, -0.2) is 5.06 Å². The molecule has 2 heterocycles. The molecular formula is C9H16N5O5P. The molecule has 10 nitrogen and oxygen atoms in total. The van der Waals surface area contributed by atoms with Crippen molar-refractivity contribution in [1.82, 2.24) is 9.97 Å². The van der Waals surface area contributed by atoms with Crippen LogP contribution in [0.4, 0.5) is 17.5 Å². The highest BCUT2D eigenvalue weighted by atomic mass is 31.2. The lowest BCUT2D eigenvalue weighted by atomic mass is 10.4. The van der Waals surface area contributed by atoms with Crippen molar-refractivity contribution in [3.63, 3.8) is 0 Å². The molecule has 0 unspecified atom stereocenters. The zero-order valence-electron chi connectivity index (χ0n) is 10.6. The van der Waals surface area contributed by atoms with Gasteiger partial charge in [-0.2, -0.15) is 4.98 Å². The van der Waals surface area contributed by atoms with Crippen LogP contribution in [0.25, 0.3) is 0 Å². The van der Waals surface area contributed by atoms with Gasteiger partial charge in [0.15, 0.2) is 5.82 Å². The SMILES string of the molecule is Nc1nc2c(c(=O)[nH]1)NCN2OCCCCP(=O)(O)O. The maximum atomic E-state index is 11.6. The number of fused-ring (bicyclic) bond motifs is 1. The number of hydrogen-bond acceptors (Lipinski definition) is 7. The summed E-state index contributed by atoms with van der Waals surface area (Å²) in [5, 5.41) is 4.21. The van der Waals surface area contributed by atoms with Crippen molar-refractivity contribution in [2.45, 2.75) is 12.8 Å². The molecule has 1 aromatic rings. The Kier molecular flexibility index (Phi) is 4.29. The number of rotatable bonds is 6. The van der Waals surface area contributed by atoms with E-state index in [1.54, 1.807) is 0 Å². The van der Waals surface area contributed by atoms with E-state index in [1.807, 2.05) is 0 Å². The van der Waals surface area contributed by atoms with E-state index in [9.17, 15) is 9.36 Å². The molecule has 1 aliphatic heterocycles. The fourth-order valence-corrected chi connectivity index (χ4v) is 2.38. The molecule has 2 rings (SSSR count). The van der Waals surface area contributed by atoms with Crippen LogP contribution in [0.5, 0.6) is 0 Å². The lowest BCUT2D eigenvalue weighted by Crippen LogP contribution is -2.24. The summed E-state index contributed by atoms with van der Waals surface area (Å²) in [6.07, 6.45) is 0.662. The Morgan fingerprint density at radius 1 is 1.45 bits per heavy atom. The maximum Gasteiger partial charge on any atom is 0.325 e. The number of hydrogen-bond donors (Lipinski definition) is 5. The largest absolute Gasteiger partial charge is 0.369 e. The van der Waals surface area contributed by atoms with Crippen molar-refractivity contribution >= 4 is 25.0 Å². The number of nitrogens with zero attached hydrogens (tertiary/aromatic N) is 2. The summed E-state index contributed by atoms with van der Waals surface area (Å²) in [6.45, 7) is 0.517. The first-order valence-corrected chi connectivity index (χ1v) is 7.75. The molecule has 1 aliphatic rings. The monoisotopic (exact) mass is 305 g/mol. The molecular weight excluding hydrogens is 289 g/mol. The molecule has 0 bridgehead atoms. The molecule has 0 aromatic carbocycles. The fraction of sp³-hybridized carbons (Fsp3) is 0.556. The van der Waals surface area contributed by atoms with Gasteiger partial charge in [0.25, 0.3) is 5.56 Å². The molecule has 0 amide bonds. The molecule has 6 N–H and O–H groups in total. The van der Waals surface area contributed by atoms with E-state index >= 15 is 0 Å². The Labute approximate surface area is 114 Å². The summed E-state index contributed by atoms with van der Waals surface area (Å²) in [5.74, 6) is 0.300. The number of unbranched alkanes of at least 4 members (excludes halogenated alkanes) is 1. The summed E-state index contributed by atoms with van der Waals surface area (Å²) in [4.78, 5) is 40.7. The Morgan fingerprint density at radius 2 is 2.20 bits per heavy atom. The molecule has 0 atom stereocenters. The van der Waals surface area contributed by atoms with E-state index in [2.05, 4.69) is 15.3 Å². The Morgan fingerprint density at radius 3 is 2.90 bits per heavy atom. The zero-order chi connectivity index (χ0) is 14.8. The fourth-order valence-electron chi connectivity index (χ4n) is 1.75. The van der Waals surface area contributed by atoms with Crippen LogP contribution in [0.1, 0.15) is 12.8 Å². The highest BCUT2D eigenvalue weighted by molar-refractivity contribution is 7.51. The standard InChI is InChI=1S/C9H16N5O5P/c10-9-12-7-6(8(15)13-9)11-5-14(7)19-3-1-2-4-20(16,17)18/h11H,1-5H2,(H2,16,17,18)(H3,10,12,13,15). The number of nitrogens with two attached hydrogens (primary N) is 1. The van der Waals surface area contributed by atoms with Crippen molar-refractivity contribution < 1.29 is 19.2 Å². The van der Waals surface area contributed by atoms with Crippen molar-refractivity contribution in [1.29, 1.82) is 0 Å². The van der Waals surface area contributed by atoms with Gasteiger partial charge in [0.2, 0.25) is 5.95 Å². The van der Waals surface area contributed by atoms with Gasteiger partial charge in [0, 0.05) is 6.16 Å². The minimum absolute atomic E-state index is 0.00690. The van der Waals surface area contributed by atoms with Gasteiger partial charge in [-0.05, 0) is 12.8 Å². The quantitative estimate of drug-likeness (QED) is 0.343. The van der Waals surface area contributed by atoms with Gasteiger partial charge in [0.05, 0.1) is 6.61 Å². The average Bonchev–Trinajstić information content (AvgIpc) is 2.70. The van der Waals surface area contributed by atoms with Crippen molar-refractivity contribution in [2.24, 2.45) is 0 Å². The molecule has 1 aromatic heterocycles. The van der Waals surface area contributed by atoms with E-state index in [4.69, 9.17) is 20.4 Å². The molecule has 20 heavy (non-hydrogen) atoms. The second kappa shape index (κ2) is 5.80. The van der Waals surface area contributed by atoms with Crippen LogP contribution in [0.3, 0.4) is 0 Å². The zero-order valence-corrected chi connectivity index (χ0v) is 11.5. The summed E-state index contributed by atoms with van der Waals surface area (Å²) in [5.41, 5.74) is 5.37. The van der Waals surface area contributed by atoms with Crippen LogP contribution >= 0.6 is 7.60 Å². The lowest BCUT2D eigenvalue weighted by molar-refractivity contribution is 0.111. The normalized spacial score (nSPS) is 14.2. The molecule has 0 fully saturated rings. The maximum absolute atomic E-state index is 11.6. The van der Waals surface area contributed by atoms with Gasteiger partial charge in [-0.15, -0.1) is 0 Å². The number of aromatic amines is 1. The molecule has 112 valence electrons. The second-order valence-corrected chi connectivity index (χ2v) is 6.07. The Hall–Kier alpha value is -1.61. The number of nitrogens with one attached hydrogen (secondary N) is 2. The lowest BCUT2D eigenvalue weighted by Gasteiger charge is -2.16. The highest BCUT2D eigenvalue weighted by Crippen LogP contribution is 2.35. The summed E-state index contributed by atoms with van der Waals surface area (Å²) < 4.78 is 10.7. The van der Waals surface area contributed by atoms with Gasteiger partial charge in [-0.3, -0.25) is 19.2 Å². The van der Waals surface area contributed by atoms with Gasteiger partial charge in [-0.1, -0.05) is 0 Å². The molecule has 0 radical (unpaired) electrons. The molecule has 0 spiro atoms. The van der Waals surface area contributed by atoms with E-state index < -0.39 is 7.60 Å². The Bertz CT molecular complexity index is 585. The molecule has 0 aliphatic carbocycles. The summed E-state index contributed by atoms with van der Waals surface area (Å²) in [6, 6.07) is 0. The van der Waals surface area contributed by atoms with Crippen molar-refractivity contribution in [2.75, 3.05) is 35.6 Å². The highest BCUT2D eigenvalue weighted by Gasteiger charge is 2.24.